The van der Waals surface area contributed by atoms with Crippen LogP contribution < -0.4 is 15.0 Å². The van der Waals surface area contributed by atoms with Crippen LogP contribution >= 0.6 is 12.2 Å². The first-order valence-corrected chi connectivity index (χ1v) is 8.16. The number of carbonyl (C=O) groups is 1. The average molecular weight is 360 g/mol. The first-order valence-electron chi connectivity index (χ1n) is 7.75. The van der Waals surface area contributed by atoms with Crippen molar-refractivity contribution in [1.29, 1.82) is 0 Å². The lowest BCUT2D eigenvalue weighted by Gasteiger charge is -2.22. The van der Waals surface area contributed by atoms with E-state index in [-0.39, 0.29) is 11.3 Å². The van der Waals surface area contributed by atoms with Gasteiger partial charge in [-0.25, -0.2) is 9.78 Å². The van der Waals surface area contributed by atoms with Crippen LogP contribution in [-0.4, -0.2) is 47.1 Å². The summed E-state index contributed by atoms with van der Waals surface area (Å²) in [5.41, 5.74) is 1.63. The Kier molecular flexibility index (Phi) is 3.92. The van der Waals surface area contributed by atoms with Gasteiger partial charge in [0.2, 0.25) is 0 Å². The number of nitrogens with zero attached hydrogens (tertiary/aromatic N) is 3. The van der Waals surface area contributed by atoms with Gasteiger partial charge in [-0.15, -0.1) is 0 Å². The maximum absolute atomic E-state index is 12.2. The fraction of sp³-hybridized carbons (Fsp3) is 0.312. The van der Waals surface area contributed by atoms with E-state index in [2.05, 4.69) is 10.3 Å². The topological polar surface area (TPSA) is 77.9 Å². The van der Waals surface area contributed by atoms with E-state index in [9.17, 15) is 4.79 Å². The first kappa shape index (κ1) is 15.7. The van der Waals surface area contributed by atoms with Crippen LogP contribution in [0.3, 0.4) is 0 Å². The number of thiocarbonyl (C=S) groups is 1. The van der Waals surface area contributed by atoms with E-state index >= 15 is 0 Å². The maximum Gasteiger partial charge on any atom is 0.414 e. The van der Waals surface area contributed by atoms with Gasteiger partial charge in [0.05, 0.1) is 31.6 Å². The predicted molar refractivity (Wildman–Crippen MR) is 93.1 cm³/mol. The molecule has 2 aliphatic heterocycles. The van der Waals surface area contributed by atoms with Gasteiger partial charge in [-0.05, 0) is 24.4 Å². The fourth-order valence-corrected chi connectivity index (χ4v) is 2.98. The van der Waals surface area contributed by atoms with Crippen molar-refractivity contribution in [2.45, 2.75) is 12.7 Å². The summed E-state index contributed by atoms with van der Waals surface area (Å²) in [6, 6.07) is 5.62. The number of fused-ring (bicyclic) bond motifs is 3. The summed E-state index contributed by atoms with van der Waals surface area (Å²) < 4.78 is 18.0. The van der Waals surface area contributed by atoms with Gasteiger partial charge in [-0.3, -0.25) is 9.47 Å². The third-order valence-corrected chi connectivity index (χ3v) is 4.43. The van der Waals surface area contributed by atoms with E-state index in [0.717, 1.165) is 17.2 Å². The zero-order valence-electron chi connectivity index (χ0n) is 13.5. The predicted octanol–water partition coefficient (Wildman–Crippen LogP) is 1.61. The van der Waals surface area contributed by atoms with Gasteiger partial charge >= 0.3 is 6.09 Å². The van der Waals surface area contributed by atoms with Gasteiger partial charge < -0.3 is 19.5 Å². The third kappa shape index (κ3) is 2.86. The molecule has 9 heteroatoms. The van der Waals surface area contributed by atoms with E-state index in [1.54, 1.807) is 11.1 Å². The summed E-state index contributed by atoms with van der Waals surface area (Å²) in [4.78, 5) is 18.0. The molecule has 1 unspecified atom stereocenters. The molecule has 0 radical (unpaired) electrons. The fourth-order valence-electron chi connectivity index (χ4n) is 2.90. The van der Waals surface area contributed by atoms with Crippen LogP contribution in [0.15, 0.2) is 30.6 Å². The summed E-state index contributed by atoms with van der Waals surface area (Å²) >= 11 is 4.92. The molecule has 2 aliphatic rings. The van der Waals surface area contributed by atoms with Gasteiger partial charge in [0.1, 0.15) is 18.5 Å². The normalized spacial score (nSPS) is 18.0. The number of nitrogens with one attached hydrogen (secondary N) is 1. The van der Waals surface area contributed by atoms with Gasteiger partial charge in [-0.1, -0.05) is 0 Å². The quantitative estimate of drug-likeness (QED) is 0.833. The Balaban J connectivity index is 1.51. The molecular weight excluding hydrogens is 344 g/mol. The van der Waals surface area contributed by atoms with Crippen LogP contribution in [0.5, 0.6) is 5.75 Å². The molecular formula is C16H16N4O4S. The van der Waals surface area contributed by atoms with Crippen molar-refractivity contribution in [2.24, 2.45) is 0 Å². The van der Waals surface area contributed by atoms with Crippen molar-refractivity contribution in [3.63, 3.8) is 0 Å². The third-order valence-electron chi connectivity index (χ3n) is 4.12. The van der Waals surface area contributed by atoms with Crippen molar-refractivity contribution in [3.8, 4) is 11.4 Å². The Morgan fingerprint density at radius 1 is 1.52 bits per heavy atom. The highest BCUT2D eigenvalue weighted by molar-refractivity contribution is 7.80. The molecule has 3 heterocycles. The molecule has 1 aromatic heterocycles. The van der Waals surface area contributed by atoms with Crippen LogP contribution in [0.1, 0.15) is 5.82 Å². The average Bonchev–Trinajstić information content (AvgIpc) is 3.25. The van der Waals surface area contributed by atoms with Gasteiger partial charge in [0.15, 0.2) is 5.82 Å². The lowest BCUT2D eigenvalue weighted by Crippen LogP contribution is -2.34. The van der Waals surface area contributed by atoms with Gasteiger partial charge in [0, 0.05) is 18.5 Å². The summed E-state index contributed by atoms with van der Waals surface area (Å²) in [5.74, 6) is 1.55. The molecule has 130 valence electrons. The van der Waals surface area contributed by atoms with Crippen molar-refractivity contribution >= 4 is 29.2 Å². The van der Waals surface area contributed by atoms with Crippen molar-refractivity contribution < 1.29 is 19.0 Å². The number of amides is 1. The molecule has 1 atom stereocenters. The number of benzene rings is 1. The summed E-state index contributed by atoms with van der Waals surface area (Å²) in [5, 5.41) is 3.17. The number of cyclic esters (lactones) is 1. The van der Waals surface area contributed by atoms with Crippen LogP contribution in [0.4, 0.5) is 10.5 Å². The van der Waals surface area contributed by atoms with E-state index in [0.29, 0.717) is 25.4 Å². The molecule has 1 amide bonds. The van der Waals surface area contributed by atoms with Crippen molar-refractivity contribution in [1.82, 2.24) is 14.9 Å². The van der Waals surface area contributed by atoms with Crippen molar-refractivity contribution in [2.75, 3.05) is 25.1 Å². The Bertz CT molecular complexity index is 837. The van der Waals surface area contributed by atoms with Gasteiger partial charge in [-0.2, -0.15) is 0 Å². The SMILES string of the molecule is COC(=S)NCC1CN(c2ccc3c(c2)OCc2nccn2-3)C(=O)O1. The number of aromatic nitrogens is 2. The van der Waals surface area contributed by atoms with E-state index in [1.165, 1.54) is 7.11 Å². The number of imidazole rings is 1. The molecule has 0 bridgehead atoms. The minimum Gasteiger partial charge on any atom is -0.483 e. The number of hydrogen-bond donors (Lipinski definition) is 1. The van der Waals surface area contributed by atoms with Crippen LogP contribution in [0, 0.1) is 0 Å². The molecule has 8 nitrogen and oxygen atoms in total. The summed E-state index contributed by atoms with van der Waals surface area (Å²) in [6.07, 6.45) is 2.93. The highest BCUT2D eigenvalue weighted by Gasteiger charge is 2.33. The number of anilines is 1. The standard InChI is InChI=1S/C16H16N4O4S/c1-22-15(25)18-7-11-8-20(16(21)24-11)10-2-3-12-13(6-10)23-9-14-17-4-5-19(12)14/h2-6,11H,7-9H2,1H3,(H,18,25). The zero-order valence-corrected chi connectivity index (χ0v) is 14.3. The molecule has 1 aromatic carbocycles. The summed E-state index contributed by atoms with van der Waals surface area (Å²) in [7, 11) is 1.49. The number of rotatable bonds is 3. The smallest absolute Gasteiger partial charge is 0.414 e. The van der Waals surface area contributed by atoms with E-state index in [1.807, 2.05) is 29.0 Å². The van der Waals surface area contributed by atoms with E-state index < -0.39 is 6.09 Å². The second-order valence-electron chi connectivity index (χ2n) is 5.64. The number of carbonyl (C=O) groups excluding carboxylic acids is 1. The van der Waals surface area contributed by atoms with Crippen molar-refractivity contribution in [3.05, 3.63) is 36.4 Å². The second kappa shape index (κ2) is 6.25. The molecule has 1 fully saturated rings. The number of ether oxygens (including phenoxy) is 3. The molecule has 1 saturated heterocycles. The lowest BCUT2D eigenvalue weighted by molar-refractivity contribution is 0.142. The number of methoxy groups -OCH3 is 1. The first-order chi connectivity index (χ1) is 12.2. The minimum absolute atomic E-state index is 0.271. The minimum atomic E-state index is -0.394. The molecule has 4 rings (SSSR count). The monoisotopic (exact) mass is 360 g/mol. The lowest BCUT2D eigenvalue weighted by atomic mass is 10.2. The Labute approximate surface area is 149 Å². The number of hydrogen-bond acceptors (Lipinski definition) is 6. The van der Waals surface area contributed by atoms with Crippen LogP contribution in [0.2, 0.25) is 0 Å². The van der Waals surface area contributed by atoms with E-state index in [4.69, 9.17) is 26.4 Å². The Hall–Kier alpha value is -2.81. The van der Waals surface area contributed by atoms with Crippen LogP contribution in [-0.2, 0) is 16.1 Å². The highest BCUT2D eigenvalue weighted by Crippen LogP contribution is 2.34. The zero-order chi connectivity index (χ0) is 17.4. The Morgan fingerprint density at radius 2 is 2.40 bits per heavy atom. The van der Waals surface area contributed by atoms with Crippen LogP contribution in [0.25, 0.3) is 5.69 Å². The molecule has 0 aliphatic carbocycles. The molecule has 0 spiro atoms. The summed E-state index contributed by atoms with van der Waals surface area (Å²) in [6.45, 7) is 1.22. The molecule has 25 heavy (non-hydrogen) atoms. The largest absolute Gasteiger partial charge is 0.483 e. The van der Waals surface area contributed by atoms with Gasteiger partial charge in [0.25, 0.3) is 5.17 Å². The molecule has 2 aromatic rings. The maximum atomic E-state index is 12.2. The molecule has 1 N–H and O–H groups in total. The molecule has 0 saturated carbocycles. The highest BCUT2D eigenvalue weighted by atomic mass is 32.1. The second-order valence-corrected chi connectivity index (χ2v) is 6.01. The Morgan fingerprint density at radius 3 is 3.24 bits per heavy atom.